The zero-order valence-electron chi connectivity index (χ0n) is 13.5. The first-order valence-electron chi connectivity index (χ1n) is 7.58. The van der Waals surface area contributed by atoms with Gasteiger partial charge < -0.3 is 19.0 Å². The van der Waals surface area contributed by atoms with Crippen molar-refractivity contribution in [2.24, 2.45) is 0 Å². The standard InChI is InChI=1S/C18H18ClNO4/c1-22-15-6-5-12(9-16(15)23-2)18-20-14-10-13(19)8-11(4-3-7-21)17(14)24-18/h5-6,8-10,21H,3-4,7H2,1-2H3. The Morgan fingerprint density at radius 1 is 1.12 bits per heavy atom. The Morgan fingerprint density at radius 3 is 2.62 bits per heavy atom. The summed E-state index contributed by atoms with van der Waals surface area (Å²) in [7, 11) is 3.17. The lowest BCUT2D eigenvalue weighted by atomic mass is 10.1. The van der Waals surface area contributed by atoms with Crippen LogP contribution in [0.3, 0.4) is 0 Å². The summed E-state index contributed by atoms with van der Waals surface area (Å²) in [6, 6.07) is 9.11. The highest BCUT2D eigenvalue weighted by Crippen LogP contribution is 2.34. The molecule has 0 fully saturated rings. The van der Waals surface area contributed by atoms with Crippen molar-refractivity contribution < 1.29 is 19.0 Å². The summed E-state index contributed by atoms with van der Waals surface area (Å²) in [5, 5.41) is 9.65. The number of ether oxygens (including phenoxy) is 2. The monoisotopic (exact) mass is 347 g/mol. The van der Waals surface area contributed by atoms with Crippen molar-refractivity contribution in [1.29, 1.82) is 0 Å². The molecule has 2 aromatic carbocycles. The van der Waals surface area contributed by atoms with Crippen molar-refractivity contribution in [2.75, 3.05) is 20.8 Å². The number of hydrogen-bond donors (Lipinski definition) is 1. The Morgan fingerprint density at radius 2 is 1.92 bits per heavy atom. The molecule has 0 radical (unpaired) electrons. The van der Waals surface area contributed by atoms with Crippen LogP contribution in [0.15, 0.2) is 34.7 Å². The van der Waals surface area contributed by atoms with Gasteiger partial charge in [0.15, 0.2) is 17.1 Å². The normalized spacial score (nSPS) is 11.0. The van der Waals surface area contributed by atoms with Gasteiger partial charge in [0.2, 0.25) is 5.89 Å². The largest absolute Gasteiger partial charge is 0.493 e. The molecule has 0 aliphatic carbocycles. The predicted octanol–water partition coefficient (Wildman–Crippen LogP) is 4.09. The Kier molecular flexibility index (Phi) is 4.92. The van der Waals surface area contributed by atoms with Gasteiger partial charge in [0.05, 0.1) is 14.2 Å². The molecule has 1 aromatic heterocycles. The summed E-state index contributed by atoms with van der Waals surface area (Å²) in [6.45, 7) is 0.116. The first-order valence-corrected chi connectivity index (χ1v) is 7.96. The van der Waals surface area contributed by atoms with E-state index in [4.69, 9.17) is 30.6 Å². The third-order valence-corrected chi connectivity index (χ3v) is 3.98. The number of benzene rings is 2. The number of methoxy groups -OCH3 is 2. The van der Waals surface area contributed by atoms with E-state index in [2.05, 4.69) is 4.98 Å². The lowest BCUT2D eigenvalue weighted by molar-refractivity contribution is 0.288. The summed E-state index contributed by atoms with van der Waals surface area (Å²) in [6.07, 6.45) is 1.32. The van der Waals surface area contributed by atoms with E-state index < -0.39 is 0 Å². The number of aliphatic hydroxyl groups is 1. The van der Waals surface area contributed by atoms with Crippen molar-refractivity contribution in [1.82, 2.24) is 4.98 Å². The fourth-order valence-electron chi connectivity index (χ4n) is 2.61. The van der Waals surface area contributed by atoms with Crippen molar-refractivity contribution >= 4 is 22.7 Å². The average molecular weight is 348 g/mol. The molecule has 3 aromatic rings. The van der Waals surface area contributed by atoms with E-state index in [1.807, 2.05) is 24.3 Å². The molecule has 0 amide bonds. The number of fused-ring (bicyclic) bond motifs is 1. The Bertz CT molecular complexity index is 860. The van der Waals surface area contributed by atoms with Crippen LogP contribution in [0.1, 0.15) is 12.0 Å². The molecule has 3 rings (SSSR count). The van der Waals surface area contributed by atoms with Gasteiger partial charge >= 0.3 is 0 Å². The lowest BCUT2D eigenvalue weighted by Crippen LogP contribution is -1.90. The second-order valence-electron chi connectivity index (χ2n) is 5.33. The van der Waals surface area contributed by atoms with Crippen LogP contribution >= 0.6 is 11.6 Å². The topological polar surface area (TPSA) is 64.7 Å². The Balaban J connectivity index is 2.07. The summed E-state index contributed by atoms with van der Waals surface area (Å²) in [5.41, 5.74) is 3.11. The van der Waals surface area contributed by atoms with Crippen LogP contribution in [0.2, 0.25) is 5.02 Å². The van der Waals surface area contributed by atoms with Crippen molar-refractivity contribution in [3.63, 3.8) is 0 Å². The third-order valence-electron chi connectivity index (χ3n) is 3.77. The molecule has 1 heterocycles. The van der Waals surface area contributed by atoms with Crippen LogP contribution in [0, 0.1) is 0 Å². The summed E-state index contributed by atoms with van der Waals surface area (Å²) >= 11 is 6.16. The van der Waals surface area contributed by atoms with Crippen LogP contribution in [-0.4, -0.2) is 30.9 Å². The lowest BCUT2D eigenvalue weighted by Gasteiger charge is -2.07. The Hall–Kier alpha value is -2.24. The Labute approximate surface area is 144 Å². The number of nitrogens with zero attached hydrogens (tertiary/aromatic N) is 1. The number of hydrogen-bond acceptors (Lipinski definition) is 5. The zero-order chi connectivity index (χ0) is 17.1. The number of rotatable bonds is 6. The van der Waals surface area contributed by atoms with Gasteiger partial charge in [-0.1, -0.05) is 11.6 Å². The van der Waals surface area contributed by atoms with E-state index in [1.165, 1.54) is 0 Å². The molecule has 126 valence electrons. The molecule has 0 unspecified atom stereocenters. The minimum absolute atomic E-state index is 0.116. The number of oxazole rings is 1. The maximum Gasteiger partial charge on any atom is 0.227 e. The highest BCUT2D eigenvalue weighted by atomic mass is 35.5. The second kappa shape index (κ2) is 7.11. The molecule has 0 atom stereocenters. The van der Waals surface area contributed by atoms with Crippen LogP contribution in [0.4, 0.5) is 0 Å². The predicted molar refractivity (Wildman–Crippen MR) is 93.0 cm³/mol. The average Bonchev–Trinajstić information content (AvgIpc) is 3.02. The van der Waals surface area contributed by atoms with E-state index in [-0.39, 0.29) is 6.61 Å². The number of aliphatic hydroxyl groups excluding tert-OH is 1. The molecule has 24 heavy (non-hydrogen) atoms. The van der Waals surface area contributed by atoms with Gasteiger partial charge in [-0.3, -0.25) is 0 Å². The first kappa shape index (κ1) is 16.6. The van der Waals surface area contributed by atoms with Crippen LogP contribution in [-0.2, 0) is 6.42 Å². The second-order valence-corrected chi connectivity index (χ2v) is 5.77. The number of halogens is 1. The minimum atomic E-state index is 0.116. The van der Waals surface area contributed by atoms with E-state index >= 15 is 0 Å². The van der Waals surface area contributed by atoms with E-state index in [9.17, 15) is 0 Å². The van der Waals surface area contributed by atoms with Gasteiger partial charge in [0.1, 0.15) is 5.52 Å². The minimum Gasteiger partial charge on any atom is -0.493 e. The van der Waals surface area contributed by atoms with Crippen LogP contribution in [0.5, 0.6) is 11.5 Å². The molecule has 6 heteroatoms. The van der Waals surface area contributed by atoms with Crippen LogP contribution < -0.4 is 9.47 Å². The molecular weight excluding hydrogens is 330 g/mol. The maximum atomic E-state index is 9.05. The van der Waals surface area contributed by atoms with E-state index in [1.54, 1.807) is 20.3 Å². The van der Waals surface area contributed by atoms with Crippen molar-refractivity contribution in [3.05, 3.63) is 40.9 Å². The number of aromatic nitrogens is 1. The van der Waals surface area contributed by atoms with Gasteiger partial charge in [-0.15, -0.1) is 0 Å². The van der Waals surface area contributed by atoms with Crippen LogP contribution in [0.25, 0.3) is 22.6 Å². The van der Waals surface area contributed by atoms with Crippen molar-refractivity contribution in [3.8, 4) is 23.0 Å². The van der Waals surface area contributed by atoms with Gasteiger partial charge in [-0.2, -0.15) is 0 Å². The molecule has 5 nitrogen and oxygen atoms in total. The summed E-state index contributed by atoms with van der Waals surface area (Å²) in [4.78, 5) is 4.53. The van der Waals surface area contributed by atoms with E-state index in [0.29, 0.717) is 46.4 Å². The molecule has 0 saturated heterocycles. The first-order chi connectivity index (χ1) is 11.7. The van der Waals surface area contributed by atoms with Gasteiger partial charge in [0.25, 0.3) is 0 Å². The maximum absolute atomic E-state index is 9.05. The number of aryl methyl sites for hydroxylation is 1. The van der Waals surface area contributed by atoms with E-state index in [0.717, 1.165) is 11.1 Å². The summed E-state index contributed by atoms with van der Waals surface area (Å²) in [5.74, 6) is 1.73. The third kappa shape index (κ3) is 3.18. The van der Waals surface area contributed by atoms with Gasteiger partial charge in [-0.05, 0) is 48.7 Å². The molecule has 0 aliphatic heterocycles. The van der Waals surface area contributed by atoms with Crippen molar-refractivity contribution in [2.45, 2.75) is 12.8 Å². The quantitative estimate of drug-likeness (QED) is 0.727. The molecular formula is C18H18ClNO4. The molecule has 0 spiro atoms. The highest BCUT2D eigenvalue weighted by Gasteiger charge is 2.15. The SMILES string of the molecule is COc1ccc(-c2nc3cc(Cl)cc(CCCO)c3o2)cc1OC. The van der Waals surface area contributed by atoms with Gasteiger partial charge in [-0.25, -0.2) is 4.98 Å². The zero-order valence-corrected chi connectivity index (χ0v) is 14.3. The fourth-order valence-corrected chi connectivity index (χ4v) is 2.85. The smallest absolute Gasteiger partial charge is 0.227 e. The van der Waals surface area contributed by atoms with Gasteiger partial charge in [0, 0.05) is 17.2 Å². The molecule has 0 aliphatic rings. The molecule has 0 bridgehead atoms. The summed E-state index contributed by atoms with van der Waals surface area (Å²) < 4.78 is 16.5. The highest BCUT2D eigenvalue weighted by molar-refractivity contribution is 6.31. The fraction of sp³-hybridized carbons (Fsp3) is 0.278. The molecule has 1 N–H and O–H groups in total. The molecule has 0 saturated carbocycles.